The molecule has 1 aliphatic heterocycles. The van der Waals surface area contributed by atoms with Gasteiger partial charge in [0.2, 0.25) is 15.9 Å². The van der Waals surface area contributed by atoms with E-state index in [4.69, 9.17) is 0 Å². The molecule has 7 nitrogen and oxygen atoms in total. The van der Waals surface area contributed by atoms with E-state index in [2.05, 4.69) is 9.88 Å². The van der Waals surface area contributed by atoms with Gasteiger partial charge in [-0.25, -0.2) is 8.42 Å². The van der Waals surface area contributed by atoms with Crippen molar-refractivity contribution in [2.24, 2.45) is 0 Å². The second-order valence-corrected chi connectivity index (χ2v) is 8.54. The van der Waals surface area contributed by atoms with Gasteiger partial charge in [-0.1, -0.05) is 18.2 Å². The molecule has 1 amide bonds. The SMILES string of the molecule is Cc1ccccc1N(CC(=O)N1CCN(c2ccncc2)CC1)S(C)(=O)=O. The van der Waals surface area contributed by atoms with Gasteiger partial charge in [0.15, 0.2) is 0 Å². The van der Waals surface area contributed by atoms with E-state index in [0.29, 0.717) is 31.9 Å². The molecule has 1 aromatic carbocycles. The maximum Gasteiger partial charge on any atom is 0.243 e. The third-order valence-electron chi connectivity index (χ3n) is 4.72. The van der Waals surface area contributed by atoms with Gasteiger partial charge in [0, 0.05) is 44.3 Å². The minimum Gasteiger partial charge on any atom is -0.368 e. The Morgan fingerprint density at radius 3 is 2.30 bits per heavy atom. The van der Waals surface area contributed by atoms with Crippen LogP contribution in [0.5, 0.6) is 0 Å². The first kappa shape index (κ1) is 19.2. The summed E-state index contributed by atoms with van der Waals surface area (Å²) in [5, 5.41) is 0. The van der Waals surface area contributed by atoms with Gasteiger partial charge in [0.25, 0.3) is 0 Å². The maximum absolute atomic E-state index is 12.8. The van der Waals surface area contributed by atoms with Crippen LogP contribution in [0.15, 0.2) is 48.8 Å². The molecule has 0 N–H and O–H groups in total. The molecule has 1 aromatic heterocycles. The lowest BCUT2D eigenvalue weighted by Crippen LogP contribution is -2.52. The van der Waals surface area contributed by atoms with E-state index in [0.717, 1.165) is 17.5 Å². The topological polar surface area (TPSA) is 73.8 Å². The van der Waals surface area contributed by atoms with Crippen molar-refractivity contribution < 1.29 is 13.2 Å². The number of pyridine rings is 1. The Labute approximate surface area is 160 Å². The van der Waals surface area contributed by atoms with Crippen molar-refractivity contribution in [3.8, 4) is 0 Å². The van der Waals surface area contributed by atoms with Crippen molar-refractivity contribution in [2.75, 3.05) is 48.2 Å². The molecule has 0 radical (unpaired) electrons. The number of carbonyl (C=O) groups excluding carboxylic acids is 1. The molecule has 144 valence electrons. The Balaban J connectivity index is 1.68. The van der Waals surface area contributed by atoms with E-state index in [-0.39, 0.29) is 12.5 Å². The van der Waals surface area contributed by atoms with Crippen molar-refractivity contribution in [1.82, 2.24) is 9.88 Å². The molecule has 1 saturated heterocycles. The van der Waals surface area contributed by atoms with Crippen molar-refractivity contribution in [3.63, 3.8) is 0 Å². The van der Waals surface area contributed by atoms with Gasteiger partial charge in [-0.05, 0) is 30.7 Å². The van der Waals surface area contributed by atoms with Crippen LogP contribution in [0.4, 0.5) is 11.4 Å². The molecule has 1 aliphatic rings. The van der Waals surface area contributed by atoms with Gasteiger partial charge in [-0.3, -0.25) is 14.1 Å². The first-order chi connectivity index (χ1) is 12.9. The number of aryl methyl sites for hydroxylation is 1. The van der Waals surface area contributed by atoms with Crippen molar-refractivity contribution in [1.29, 1.82) is 0 Å². The molecular formula is C19H24N4O3S. The Bertz CT molecular complexity index is 894. The van der Waals surface area contributed by atoms with Crippen LogP contribution in [0, 0.1) is 6.92 Å². The first-order valence-corrected chi connectivity index (χ1v) is 10.7. The van der Waals surface area contributed by atoms with E-state index < -0.39 is 10.0 Å². The van der Waals surface area contributed by atoms with Gasteiger partial charge in [0.1, 0.15) is 6.54 Å². The smallest absolute Gasteiger partial charge is 0.243 e. The number of amides is 1. The summed E-state index contributed by atoms with van der Waals surface area (Å²) >= 11 is 0. The molecule has 2 heterocycles. The van der Waals surface area contributed by atoms with Crippen LogP contribution in [0.25, 0.3) is 0 Å². The average Bonchev–Trinajstić information content (AvgIpc) is 2.66. The molecule has 1 fully saturated rings. The Hall–Kier alpha value is -2.61. The maximum atomic E-state index is 12.8. The number of hydrogen-bond donors (Lipinski definition) is 0. The Morgan fingerprint density at radius 2 is 1.70 bits per heavy atom. The molecule has 0 saturated carbocycles. The third kappa shape index (κ3) is 4.57. The number of aromatic nitrogens is 1. The fraction of sp³-hybridized carbons (Fsp3) is 0.368. The number of rotatable bonds is 5. The minimum absolute atomic E-state index is 0.182. The molecule has 2 aromatic rings. The summed E-state index contributed by atoms with van der Waals surface area (Å²) in [5.41, 5.74) is 2.44. The molecule has 0 atom stereocenters. The van der Waals surface area contributed by atoms with Crippen LogP contribution in [-0.4, -0.2) is 63.2 Å². The summed E-state index contributed by atoms with van der Waals surface area (Å²) in [5.74, 6) is -0.182. The Morgan fingerprint density at radius 1 is 1.07 bits per heavy atom. The fourth-order valence-corrected chi connectivity index (χ4v) is 4.12. The van der Waals surface area contributed by atoms with Gasteiger partial charge < -0.3 is 9.80 Å². The summed E-state index contributed by atoms with van der Waals surface area (Å²) in [4.78, 5) is 20.7. The van der Waals surface area contributed by atoms with E-state index in [1.54, 1.807) is 29.4 Å². The third-order valence-corrected chi connectivity index (χ3v) is 5.85. The average molecular weight is 388 g/mol. The van der Waals surface area contributed by atoms with Crippen molar-refractivity contribution >= 4 is 27.3 Å². The predicted octanol–water partition coefficient (Wildman–Crippen LogP) is 1.50. The zero-order chi connectivity index (χ0) is 19.4. The summed E-state index contributed by atoms with van der Waals surface area (Å²) < 4.78 is 25.8. The van der Waals surface area contributed by atoms with Crippen LogP contribution >= 0.6 is 0 Å². The van der Waals surface area contributed by atoms with E-state index >= 15 is 0 Å². The number of anilines is 2. The largest absolute Gasteiger partial charge is 0.368 e. The minimum atomic E-state index is -3.56. The molecule has 0 bridgehead atoms. The van der Waals surface area contributed by atoms with Crippen molar-refractivity contribution in [2.45, 2.75) is 6.92 Å². The van der Waals surface area contributed by atoms with Gasteiger partial charge in [-0.2, -0.15) is 0 Å². The normalized spacial score (nSPS) is 14.9. The standard InChI is InChI=1S/C19H24N4O3S/c1-16-5-3-4-6-18(16)23(27(2,25)26)15-19(24)22-13-11-21(12-14-22)17-7-9-20-10-8-17/h3-10H,11-15H2,1-2H3. The van der Waals surface area contributed by atoms with Gasteiger partial charge in [0.05, 0.1) is 11.9 Å². The number of piperazine rings is 1. The second kappa shape index (κ2) is 7.96. The highest BCUT2D eigenvalue weighted by Crippen LogP contribution is 2.22. The first-order valence-electron chi connectivity index (χ1n) is 8.82. The summed E-state index contributed by atoms with van der Waals surface area (Å²) in [6.45, 7) is 4.20. The quantitative estimate of drug-likeness (QED) is 0.776. The van der Waals surface area contributed by atoms with Crippen LogP contribution < -0.4 is 9.21 Å². The van der Waals surface area contributed by atoms with E-state index in [1.165, 1.54) is 4.31 Å². The highest BCUT2D eigenvalue weighted by molar-refractivity contribution is 7.92. The Kier molecular flexibility index (Phi) is 5.65. The highest BCUT2D eigenvalue weighted by Gasteiger charge is 2.27. The number of sulfonamides is 1. The van der Waals surface area contributed by atoms with Gasteiger partial charge in [-0.15, -0.1) is 0 Å². The summed E-state index contributed by atoms with van der Waals surface area (Å²) in [7, 11) is -3.56. The number of hydrogen-bond acceptors (Lipinski definition) is 5. The molecule has 0 unspecified atom stereocenters. The lowest BCUT2D eigenvalue weighted by Gasteiger charge is -2.37. The number of carbonyl (C=O) groups is 1. The van der Waals surface area contributed by atoms with Gasteiger partial charge >= 0.3 is 0 Å². The monoisotopic (exact) mass is 388 g/mol. The molecule has 0 spiro atoms. The number of para-hydroxylation sites is 1. The number of benzene rings is 1. The van der Waals surface area contributed by atoms with E-state index in [1.807, 2.05) is 31.2 Å². The zero-order valence-electron chi connectivity index (χ0n) is 15.6. The van der Waals surface area contributed by atoms with Crippen LogP contribution in [-0.2, 0) is 14.8 Å². The molecule has 27 heavy (non-hydrogen) atoms. The summed E-state index contributed by atoms with van der Waals surface area (Å²) in [6.07, 6.45) is 4.63. The predicted molar refractivity (Wildman–Crippen MR) is 106 cm³/mol. The van der Waals surface area contributed by atoms with Crippen molar-refractivity contribution in [3.05, 3.63) is 54.4 Å². The van der Waals surface area contributed by atoms with Crippen LogP contribution in [0.1, 0.15) is 5.56 Å². The molecule has 3 rings (SSSR count). The second-order valence-electron chi connectivity index (χ2n) is 6.63. The highest BCUT2D eigenvalue weighted by atomic mass is 32.2. The molecule has 0 aliphatic carbocycles. The lowest BCUT2D eigenvalue weighted by atomic mass is 10.2. The molecular weight excluding hydrogens is 364 g/mol. The van der Waals surface area contributed by atoms with Crippen LogP contribution in [0.2, 0.25) is 0 Å². The number of nitrogens with zero attached hydrogens (tertiary/aromatic N) is 4. The lowest BCUT2D eigenvalue weighted by molar-refractivity contribution is -0.129. The van der Waals surface area contributed by atoms with E-state index in [9.17, 15) is 13.2 Å². The summed E-state index contributed by atoms with van der Waals surface area (Å²) in [6, 6.07) is 11.1. The zero-order valence-corrected chi connectivity index (χ0v) is 16.4. The fourth-order valence-electron chi connectivity index (χ4n) is 3.22. The molecule has 8 heteroatoms. The van der Waals surface area contributed by atoms with Crippen LogP contribution in [0.3, 0.4) is 0 Å².